The lowest BCUT2D eigenvalue weighted by Crippen LogP contribution is -2.51. The van der Waals surface area contributed by atoms with Crippen LogP contribution in [0.2, 0.25) is 0 Å². The summed E-state index contributed by atoms with van der Waals surface area (Å²) >= 11 is 0. The van der Waals surface area contributed by atoms with E-state index in [9.17, 15) is 5.11 Å². The molecule has 8 nitrogen and oxygen atoms in total. The zero-order valence-corrected chi connectivity index (χ0v) is 16.7. The first-order valence-electron chi connectivity index (χ1n) is 10.2. The fraction of sp³-hybridized carbons (Fsp3) is 0.318. The monoisotopic (exact) mass is 404 g/mol. The molecule has 1 aliphatic rings. The number of likely N-dealkylation sites (tertiary alicyclic amines) is 1. The van der Waals surface area contributed by atoms with Gasteiger partial charge in [0.15, 0.2) is 5.58 Å². The van der Waals surface area contributed by atoms with Crippen LogP contribution in [0.5, 0.6) is 0 Å². The highest BCUT2D eigenvalue weighted by Crippen LogP contribution is 2.31. The van der Waals surface area contributed by atoms with Crippen molar-refractivity contribution in [2.45, 2.75) is 38.1 Å². The van der Waals surface area contributed by atoms with Gasteiger partial charge in [-0.25, -0.2) is 0 Å². The van der Waals surface area contributed by atoms with Gasteiger partial charge in [-0.1, -0.05) is 30.3 Å². The van der Waals surface area contributed by atoms with E-state index in [0.29, 0.717) is 6.01 Å². The highest BCUT2D eigenvalue weighted by molar-refractivity contribution is 5.74. The predicted octanol–water partition coefficient (Wildman–Crippen LogP) is 3.36. The quantitative estimate of drug-likeness (QED) is 0.527. The van der Waals surface area contributed by atoms with Crippen molar-refractivity contribution in [3.05, 3.63) is 66.5 Å². The first-order chi connectivity index (χ1) is 14.7. The first-order valence-corrected chi connectivity index (χ1v) is 10.2. The molecule has 1 unspecified atom stereocenters. The van der Waals surface area contributed by atoms with Crippen LogP contribution in [-0.2, 0) is 0 Å². The Morgan fingerprint density at radius 3 is 2.70 bits per heavy atom. The average molecular weight is 404 g/mol. The zero-order chi connectivity index (χ0) is 20.5. The van der Waals surface area contributed by atoms with Crippen molar-refractivity contribution >= 4 is 17.1 Å². The Balaban J connectivity index is 1.38. The van der Waals surface area contributed by atoms with E-state index in [1.807, 2.05) is 48.5 Å². The molecule has 0 radical (unpaired) electrons. The molecular formula is C22H24N6O2. The van der Waals surface area contributed by atoms with Gasteiger partial charge >= 0.3 is 0 Å². The maximum atomic E-state index is 11.3. The van der Waals surface area contributed by atoms with E-state index >= 15 is 0 Å². The molecular weight excluding hydrogens is 380 g/mol. The Hall–Kier alpha value is -3.23. The number of aliphatic hydroxyl groups excluding tert-OH is 1. The molecule has 0 bridgehead atoms. The van der Waals surface area contributed by atoms with Gasteiger partial charge in [0.1, 0.15) is 11.7 Å². The number of para-hydroxylation sites is 3. The number of aliphatic hydroxyl groups is 1. The number of piperidine rings is 1. The Labute approximate surface area is 174 Å². The molecule has 0 spiro atoms. The molecule has 5 rings (SSSR count). The Kier molecular flexibility index (Phi) is 4.94. The van der Waals surface area contributed by atoms with Crippen LogP contribution in [0.4, 0.5) is 6.01 Å². The van der Waals surface area contributed by atoms with Crippen LogP contribution in [0.25, 0.3) is 16.8 Å². The van der Waals surface area contributed by atoms with E-state index in [2.05, 4.69) is 32.3 Å². The number of nitrogens with zero attached hydrogens (tertiary/aromatic N) is 5. The maximum Gasteiger partial charge on any atom is 0.295 e. The van der Waals surface area contributed by atoms with Gasteiger partial charge in [0.2, 0.25) is 0 Å². The van der Waals surface area contributed by atoms with E-state index in [1.165, 1.54) is 0 Å². The fourth-order valence-corrected chi connectivity index (χ4v) is 4.21. The summed E-state index contributed by atoms with van der Waals surface area (Å²) in [5.74, 6) is 0. The third-order valence-electron chi connectivity index (χ3n) is 5.80. The second kappa shape index (κ2) is 7.89. The standard InChI is InChI=1S/C22H24N6O2/c1-15-17(25-22-26-18-8-3-5-11-20(18)30-22)9-6-14-27(15)21(29)16-7-2-4-10-19(16)28-23-12-13-24-28/h2-5,7-8,10-13,15,17,21,29H,6,9,14H2,1H3,(H,25,26)/t15-,17+,21?/m0/s1. The number of hydrogen-bond acceptors (Lipinski definition) is 7. The summed E-state index contributed by atoms with van der Waals surface area (Å²) in [5, 5.41) is 23.2. The molecule has 154 valence electrons. The molecule has 3 heterocycles. The van der Waals surface area contributed by atoms with E-state index in [4.69, 9.17) is 4.42 Å². The average Bonchev–Trinajstić information content (AvgIpc) is 3.44. The number of nitrogens with one attached hydrogen (secondary N) is 1. The zero-order valence-electron chi connectivity index (χ0n) is 16.7. The van der Waals surface area contributed by atoms with Crippen molar-refractivity contribution in [2.75, 3.05) is 11.9 Å². The van der Waals surface area contributed by atoms with Gasteiger partial charge in [0.05, 0.1) is 18.1 Å². The third kappa shape index (κ3) is 3.44. The Bertz CT molecular complexity index is 1090. The largest absolute Gasteiger partial charge is 0.424 e. The van der Waals surface area contributed by atoms with Crippen LogP contribution in [0.1, 0.15) is 31.6 Å². The van der Waals surface area contributed by atoms with E-state index in [-0.39, 0.29) is 12.1 Å². The smallest absolute Gasteiger partial charge is 0.295 e. The lowest BCUT2D eigenvalue weighted by Gasteiger charge is -2.42. The summed E-state index contributed by atoms with van der Waals surface area (Å²) in [6.07, 6.45) is 4.43. The Morgan fingerprint density at radius 1 is 1.10 bits per heavy atom. The summed E-state index contributed by atoms with van der Waals surface area (Å²) in [7, 11) is 0. The van der Waals surface area contributed by atoms with Gasteiger partial charge < -0.3 is 14.8 Å². The van der Waals surface area contributed by atoms with Crippen LogP contribution in [0.3, 0.4) is 0 Å². The van der Waals surface area contributed by atoms with Crippen LogP contribution in [-0.4, -0.2) is 48.6 Å². The van der Waals surface area contributed by atoms with Gasteiger partial charge in [0, 0.05) is 24.2 Å². The molecule has 1 saturated heterocycles. The number of hydrogen-bond donors (Lipinski definition) is 2. The molecule has 8 heteroatoms. The summed E-state index contributed by atoms with van der Waals surface area (Å²) in [6, 6.07) is 16.1. The fourth-order valence-electron chi connectivity index (χ4n) is 4.21. The molecule has 4 aromatic rings. The summed E-state index contributed by atoms with van der Waals surface area (Å²) in [5.41, 5.74) is 3.15. The molecule has 2 aromatic heterocycles. The van der Waals surface area contributed by atoms with Crippen molar-refractivity contribution < 1.29 is 9.52 Å². The van der Waals surface area contributed by atoms with E-state index in [1.54, 1.807) is 17.2 Å². The lowest BCUT2D eigenvalue weighted by molar-refractivity contribution is -0.0418. The van der Waals surface area contributed by atoms with E-state index in [0.717, 1.165) is 41.7 Å². The summed E-state index contributed by atoms with van der Waals surface area (Å²) in [6.45, 7) is 2.92. The van der Waals surface area contributed by atoms with Crippen LogP contribution in [0, 0.1) is 0 Å². The minimum atomic E-state index is -0.768. The second-order valence-electron chi connectivity index (χ2n) is 7.61. The number of fused-ring (bicyclic) bond motifs is 1. The minimum Gasteiger partial charge on any atom is -0.424 e. The number of oxazole rings is 1. The van der Waals surface area contributed by atoms with Gasteiger partial charge in [-0.05, 0) is 38.0 Å². The van der Waals surface area contributed by atoms with Gasteiger partial charge in [-0.2, -0.15) is 20.0 Å². The van der Waals surface area contributed by atoms with Crippen LogP contribution in [0.15, 0.2) is 65.3 Å². The van der Waals surface area contributed by atoms with Gasteiger partial charge in [0.25, 0.3) is 6.01 Å². The van der Waals surface area contributed by atoms with Crippen LogP contribution < -0.4 is 5.32 Å². The molecule has 1 fully saturated rings. The lowest BCUT2D eigenvalue weighted by atomic mass is 9.96. The van der Waals surface area contributed by atoms with Crippen molar-refractivity contribution in [1.29, 1.82) is 0 Å². The van der Waals surface area contributed by atoms with Crippen molar-refractivity contribution in [2.24, 2.45) is 0 Å². The number of aromatic nitrogens is 4. The predicted molar refractivity (Wildman–Crippen MR) is 113 cm³/mol. The topological polar surface area (TPSA) is 92.2 Å². The molecule has 0 aliphatic carbocycles. The molecule has 0 amide bonds. The first kappa shape index (κ1) is 18.8. The normalized spacial score (nSPS) is 21.0. The second-order valence-corrected chi connectivity index (χ2v) is 7.61. The third-order valence-corrected chi connectivity index (χ3v) is 5.80. The SMILES string of the molecule is C[C@H]1[C@H](Nc2nc3ccccc3o2)CCCN1C(O)c1ccccc1-n1nccn1. The molecule has 2 aromatic carbocycles. The summed E-state index contributed by atoms with van der Waals surface area (Å²) in [4.78, 5) is 8.18. The molecule has 30 heavy (non-hydrogen) atoms. The maximum absolute atomic E-state index is 11.3. The number of benzene rings is 2. The molecule has 2 N–H and O–H groups in total. The molecule has 3 atom stereocenters. The highest BCUT2D eigenvalue weighted by atomic mass is 16.4. The molecule has 1 aliphatic heterocycles. The van der Waals surface area contributed by atoms with Crippen LogP contribution >= 0.6 is 0 Å². The van der Waals surface area contributed by atoms with E-state index < -0.39 is 6.23 Å². The summed E-state index contributed by atoms with van der Waals surface area (Å²) < 4.78 is 5.84. The van der Waals surface area contributed by atoms with Crippen molar-refractivity contribution in [3.63, 3.8) is 0 Å². The highest BCUT2D eigenvalue weighted by Gasteiger charge is 2.34. The number of anilines is 1. The van der Waals surface area contributed by atoms with Crippen molar-refractivity contribution in [1.82, 2.24) is 24.9 Å². The van der Waals surface area contributed by atoms with Gasteiger partial charge in [-0.3, -0.25) is 4.90 Å². The number of rotatable bonds is 5. The van der Waals surface area contributed by atoms with Gasteiger partial charge in [-0.15, -0.1) is 0 Å². The Morgan fingerprint density at radius 2 is 1.87 bits per heavy atom. The van der Waals surface area contributed by atoms with Crippen molar-refractivity contribution in [3.8, 4) is 5.69 Å². The minimum absolute atomic E-state index is 0.0717. The molecule has 0 saturated carbocycles.